The zero-order valence-corrected chi connectivity index (χ0v) is 14.5. The van der Waals surface area contributed by atoms with Crippen molar-refractivity contribution >= 4 is 31.6 Å². The number of nitrogens with one attached hydrogen (secondary N) is 1. The van der Waals surface area contributed by atoms with Crippen LogP contribution in [0.3, 0.4) is 0 Å². The SMILES string of the molecule is O=S(=O)(Nc1ccc(Cn2cccn2)cc1)c1cccc(Br)c1. The van der Waals surface area contributed by atoms with Crippen molar-refractivity contribution in [1.29, 1.82) is 0 Å². The van der Waals surface area contributed by atoms with Gasteiger partial charge in [0, 0.05) is 22.6 Å². The lowest BCUT2D eigenvalue weighted by atomic mass is 10.2. The summed E-state index contributed by atoms with van der Waals surface area (Å²) in [5.41, 5.74) is 1.56. The number of sulfonamides is 1. The van der Waals surface area contributed by atoms with Gasteiger partial charge in [-0.25, -0.2) is 8.42 Å². The molecule has 0 atom stereocenters. The van der Waals surface area contributed by atoms with E-state index in [0.29, 0.717) is 12.2 Å². The first-order chi connectivity index (χ1) is 11.0. The summed E-state index contributed by atoms with van der Waals surface area (Å²) in [5.74, 6) is 0. The Bertz CT molecular complexity index is 891. The van der Waals surface area contributed by atoms with Crippen LogP contribution in [-0.4, -0.2) is 18.2 Å². The summed E-state index contributed by atoms with van der Waals surface area (Å²) >= 11 is 3.28. The highest BCUT2D eigenvalue weighted by Crippen LogP contribution is 2.20. The molecule has 2 aromatic carbocycles. The van der Waals surface area contributed by atoms with E-state index >= 15 is 0 Å². The van der Waals surface area contributed by atoms with Gasteiger partial charge in [-0.2, -0.15) is 5.10 Å². The van der Waals surface area contributed by atoms with Crippen molar-refractivity contribution in [3.8, 4) is 0 Å². The number of anilines is 1. The van der Waals surface area contributed by atoms with Crippen molar-refractivity contribution in [2.75, 3.05) is 4.72 Å². The third kappa shape index (κ3) is 4.00. The van der Waals surface area contributed by atoms with Crippen molar-refractivity contribution < 1.29 is 8.42 Å². The summed E-state index contributed by atoms with van der Waals surface area (Å²) < 4.78 is 29.8. The molecule has 3 aromatic rings. The van der Waals surface area contributed by atoms with E-state index in [1.807, 2.05) is 24.4 Å². The van der Waals surface area contributed by atoms with E-state index in [1.54, 1.807) is 47.3 Å². The van der Waals surface area contributed by atoms with Gasteiger partial charge in [-0.3, -0.25) is 9.40 Å². The molecule has 0 fully saturated rings. The molecule has 0 aliphatic heterocycles. The summed E-state index contributed by atoms with van der Waals surface area (Å²) in [6.07, 6.45) is 3.60. The van der Waals surface area contributed by atoms with E-state index in [0.717, 1.165) is 10.0 Å². The highest BCUT2D eigenvalue weighted by Gasteiger charge is 2.14. The Hall–Kier alpha value is -2.12. The number of benzene rings is 2. The second kappa shape index (κ2) is 6.55. The van der Waals surface area contributed by atoms with E-state index in [4.69, 9.17) is 0 Å². The van der Waals surface area contributed by atoms with Crippen molar-refractivity contribution in [2.45, 2.75) is 11.4 Å². The van der Waals surface area contributed by atoms with E-state index < -0.39 is 10.0 Å². The molecule has 1 heterocycles. The van der Waals surface area contributed by atoms with Gasteiger partial charge in [-0.1, -0.05) is 34.1 Å². The largest absolute Gasteiger partial charge is 0.280 e. The molecule has 0 spiro atoms. The van der Waals surface area contributed by atoms with Crippen molar-refractivity contribution in [3.63, 3.8) is 0 Å². The van der Waals surface area contributed by atoms with Gasteiger partial charge in [0.25, 0.3) is 10.0 Å². The summed E-state index contributed by atoms with van der Waals surface area (Å²) in [5, 5.41) is 4.14. The number of halogens is 1. The molecule has 23 heavy (non-hydrogen) atoms. The summed E-state index contributed by atoms with van der Waals surface area (Å²) in [7, 11) is -3.60. The second-order valence-electron chi connectivity index (χ2n) is 4.96. The Kier molecular flexibility index (Phi) is 4.49. The third-order valence-corrected chi connectivity index (χ3v) is 5.09. The molecule has 1 aromatic heterocycles. The molecule has 7 heteroatoms. The predicted octanol–water partition coefficient (Wildman–Crippen LogP) is 3.49. The zero-order valence-electron chi connectivity index (χ0n) is 12.1. The van der Waals surface area contributed by atoms with Crippen LogP contribution in [0.4, 0.5) is 5.69 Å². The minimum absolute atomic E-state index is 0.215. The Balaban J connectivity index is 1.75. The van der Waals surface area contributed by atoms with Crippen LogP contribution in [0.2, 0.25) is 0 Å². The molecule has 0 aliphatic carbocycles. The lowest BCUT2D eigenvalue weighted by molar-refractivity contribution is 0.601. The molecule has 118 valence electrons. The van der Waals surface area contributed by atoms with Crippen molar-refractivity contribution in [3.05, 3.63) is 77.0 Å². The first-order valence-corrected chi connectivity index (χ1v) is 9.15. The second-order valence-corrected chi connectivity index (χ2v) is 7.56. The van der Waals surface area contributed by atoms with Gasteiger partial charge < -0.3 is 0 Å². The number of hydrogen-bond donors (Lipinski definition) is 1. The molecule has 0 bridgehead atoms. The third-order valence-electron chi connectivity index (χ3n) is 3.22. The Morgan fingerprint density at radius 2 is 1.87 bits per heavy atom. The minimum Gasteiger partial charge on any atom is -0.280 e. The van der Waals surface area contributed by atoms with Gasteiger partial charge in [0.1, 0.15) is 0 Å². The van der Waals surface area contributed by atoms with Gasteiger partial charge in [0.15, 0.2) is 0 Å². The highest BCUT2D eigenvalue weighted by atomic mass is 79.9. The van der Waals surface area contributed by atoms with Gasteiger partial charge >= 0.3 is 0 Å². The highest BCUT2D eigenvalue weighted by molar-refractivity contribution is 9.10. The van der Waals surface area contributed by atoms with Crippen LogP contribution >= 0.6 is 15.9 Å². The predicted molar refractivity (Wildman–Crippen MR) is 92.7 cm³/mol. The van der Waals surface area contributed by atoms with Crippen molar-refractivity contribution in [2.24, 2.45) is 0 Å². The summed E-state index contributed by atoms with van der Waals surface area (Å²) in [6.45, 7) is 0.645. The molecule has 5 nitrogen and oxygen atoms in total. The van der Waals surface area contributed by atoms with Gasteiger partial charge in [-0.15, -0.1) is 0 Å². The van der Waals surface area contributed by atoms with E-state index in [9.17, 15) is 8.42 Å². The molecule has 0 saturated heterocycles. The molecule has 0 saturated carbocycles. The van der Waals surface area contributed by atoms with Gasteiger partial charge in [-0.05, 0) is 42.0 Å². The quantitative estimate of drug-likeness (QED) is 0.723. The van der Waals surface area contributed by atoms with Gasteiger partial charge in [0.2, 0.25) is 0 Å². The van der Waals surface area contributed by atoms with Crippen LogP contribution in [0.1, 0.15) is 5.56 Å². The smallest absolute Gasteiger partial charge is 0.261 e. The Morgan fingerprint density at radius 1 is 1.09 bits per heavy atom. The van der Waals surface area contributed by atoms with Crippen LogP contribution in [-0.2, 0) is 16.6 Å². The van der Waals surface area contributed by atoms with Crippen LogP contribution in [0.25, 0.3) is 0 Å². The molecule has 0 unspecified atom stereocenters. The normalized spacial score (nSPS) is 11.3. The Labute approximate surface area is 143 Å². The van der Waals surface area contributed by atoms with Crippen molar-refractivity contribution in [1.82, 2.24) is 9.78 Å². The van der Waals surface area contributed by atoms with Crippen LogP contribution < -0.4 is 4.72 Å². The number of rotatable bonds is 5. The van der Waals surface area contributed by atoms with E-state index in [1.165, 1.54) is 0 Å². The van der Waals surface area contributed by atoms with E-state index in [-0.39, 0.29) is 4.90 Å². The fourth-order valence-corrected chi connectivity index (χ4v) is 3.76. The average molecular weight is 392 g/mol. The van der Waals surface area contributed by atoms with Crippen LogP contribution in [0.5, 0.6) is 0 Å². The molecular weight excluding hydrogens is 378 g/mol. The summed E-state index contributed by atoms with van der Waals surface area (Å²) in [4.78, 5) is 0.215. The van der Waals surface area contributed by atoms with Gasteiger partial charge in [0.05, 0.1) is 11.4 Å². The average Bonchev–Trinajstić information content (AvgIpc) is 3.02. The molecule has 0 radical (unpaired) electrons. The molecule has 1 N–H and O–H groups in total. The standard InChI is InChI=1S/C16H14BrN3O2S/c17-14-3-1-4-16(11-14)23(21,22)19-15-7-5-13(6-8-15)12-20-10-2-9-18-20/h1-11,19H,12H2. The fraction of sp³-hybridized carbons (Fsp3) is 0.0625. The fourth-order valence-electron chi connectivity index (χ4n) is 2.11. The molecule has 0 aliphatic rings. The van der Waals surface area contributed by atoms with E-state index in [2.05, 4.69) is 25.8 Å². The maximum absolute atomic E-state index is 12.3. The number of hydrogen-bond acceptors (Lipinski definition) is 3. The molecular formula is C16H14BrN3O2S. The zero-order chi connectivity index (χ0) is 16.3. The minimum atomic E-state index is -3.60. The maximum Gasteiger partial charge on any atom is 0.261 e. The maximum atomic E-state index is 12.3. The first kappa shape index (κ1) is 15.8. The molecule has 0 amide bonds. The monoisotopic (exact) mass is 391 g/mol. The number of aromatic nitrogens is 2. The topological polar surface area (TPSA) is 64.0 Å². The van der Waals surface area contributed by atoms with Crippen LogP contribution in [0, 0.1) is 0 Å². The lowest BCUT2D eigenvalue weighted by Crippen LogP contribution is -2.13. The summed E-state index contributed by atoms with van der Waals surface area (Å²) in [6, 6.07) is 15.7. The number of nitrogens with zero attached hydrogens (tertiary/aromatic N) is 2. The lowest BCUT2D eigenvalue weighted by Gasteiger charge is -2.09. The first-order valence-electron chi connectivity index (χ1n) is 6.88. The molecule has 3 rings (SSSR count). The van der Waals surface area contributed by atoms with Crippen LogP contribution in [0.15, 0.2) is 76.4 Å². The Morgan fingerprint density at radius 3 is 2.52 bits per heavy atom.